The fourth-order valence-corrected chi connectivity index (χ4v) is 1.98. The lowest BCUT2D eigenvalue weighted by Crippen LogP contribution is -2.48. The van der Waals surface area contributed by atoms with E-state index in [-0.39, 0.29) is 11.5 Å². The predicted molar refractivity (Wildman–Crippen MR) is 63.7 cm³/mol. The highest BCUT2D eigenvalue weighted by atomic mass is 35.5. The number of nitrogens with two attached hydrogens (primary N) is 1. The van der Waals surface area contributed by atoms with E-state index in [9.17, 15) is 0 Å². The van der Waals surface area contributed by atoms with Crippen LogP contribution >= 0.6 is 11.6 Å². The van der Waals surface area contributed by atoms with Gasteiger partial charge in [-0.05, 0) is 13.8 Å². The number of morpholine rings is 1. The smallest absolute Gasteiger partial charge is 0.223 e. The Morgan fingerprint density at radius 1 is 1.50 bits per heavy atom. The maximum absolute atomic E-state index is 5.85. The van der Waals surface area contributed by atoms with E-state index < -0.39 is 0 Å². The standard InChI is InChI=1S/C10H15ClN4O/c1-10(2)6-15(3-4-16-10)8-5-7(11)13-9(12)14-8/h5H,3-4,6H2,1-2H3,(H2,12,13,14). The molecule has 2 heterocycles. The second-order valence-electron chi connectivity index (χ2n) is 4.44. The molecule has 0 radical (unpaired) electrons. The number of hydrogen-bond donors (Lipinski definition) is 1. The molecule has 1 saturated heterocycles. The Morgan fingerprint density at radius 3 is 2.88 bits per heavy atom. The van der Waals surface area contributed by atoms with Gasteiger partial charge in [0.05, 0.1) is 12.2 Å². The number of ether oxygens (including phenoxy) is 1. The van der Waals surface area contributed by atoms with E-state index in [1.807, 2.05) is 13.8 Å². The fraction of sp³-hybridized carbons (Fsp3) is 0.600. The van der Waals surface area contributed by atoms with Gasteiger partial charge >= 0.3 is 0 Å². The molecule has 2 rings (SSSR count). The molecule has 0 spiro atoms. The van der Waals surface area contributed by atoms with Gasteiger partial charge in [0.25, 0.3) is 0 Å². The molecule has 0 unspecified atom stereocenters. The van der Waals surface area contributed by atoms with Gasteiger partial charge in [-0.1, -0.05) is 11.6 Å². The lowest BCUT2D eigenvalue weighted by Gasteiger charge is -2.38. The van der Waals surface area contributed by atoms with Crippen LogP contribution in [-0.2, 0) is 4.74 Å². The fourth-order valence-electron chi connectivity index (χ4n) is 1.80. The molecule has 0 amide bonds. The van der Waals surface area contributed by atoms with E-state index in [2.05, 4.69) is 14.9 Å². The van der Waals surface area contributed by atoms with Crippen LogP contribution in [0, 0.1) is 0 Å². The van der Waals surface area contributed by atoms with Gasteiger partial charge in [-0.3, -0.25) is 0 Å². The second kappa shape index (κ2) is 4.07. The summed E-state index contributed by atoms with van der Waals surface area (Å²) in [6, 6.07) is 1.72. The van der Waals surface area contributed by atoms with Gasteiger partial charge in [-0.15, -0.1) is 0 Å². The van der Waals surface area contributed by atoms with Crippen LogP contribution in [0.1, 0.15) is 13.8 Å². The van der Waals surface area contributed by atoms with Gasteiger partial charge < -0.3 is 15.4 Å². The molecule has 1 aromatic heterocycles. The molecule has 1 aromatic rings. The molecule has 0 bridgehead atoms. The molecule has 6 heteroatoms. The molecule has 0 atom stereocenters. The van der Waals surface area contributed by atoms with Crippen molar-refractivity contribution in [3.63, 3.8) is 0 Å². The van der Waals surface area contributed by atoms with Crippen LogP contribution < -0.4 is 10.6 Å². The van der Waals surface area contributed by atoms with E-state index in [4.69, 9.17) is 22.1 Å². The molecule has 0 saturated carbocycles. The largest absolute Gasteiger partial charge is 0.372 e. The van der Waals surface area contributed by atoms with Gasteiger partial charge in [0, 0.05) is 19.2 Å². The zero-order valence-electron chi connectivity index (χ0n) is 9.40. The van der Waals surface area contributed by atoms with Crippen LogP contribution in [0.15, 0.2) is 6.07 Å². The maximum Gasteiger partial charge on any atom is 0.223 e. The monoisotopic (exact) mass is 242 g/mol. The number of hydrogen-bond acceptors (Lipinski definition) is 5. The summed E-state index contributed by atoms with van der Waals surface area (Å²) in [6.45, 7) is 6.32. The minimum Gasteiger partial charge on any atom is -0.372 e. The summed E-state index contributed by atoms with van der Waals surface area (Å²) in [6.07, 6.45) is 0. The third kappa shape index (κ3) is 2.54. The summed E-state index contributed by atoms with van der Waals surface area (Å²) in [4.78, 5) is 10.1. The molecular formula is C10H15ClN4O. The Bertz CT molecular complexity index is 376. The number of nitrogens with zero attached hydrogens (tertiary/aromatic N) is 3. The highest BCUT2D eigenvalue weighted by molar-refractivity contribution is 6.29. The predicted octanol–water partition coefficient (Wildman–Crippen LogP) is 1.33. The quantitative estimate of drug-likeness (QED) is 0.753. The van der Waals surface area contributed by atoms with E-state index in [0.29, 0.717) is 11.8 Å². The topological polar surface area (TPSA) is 64.3 Å². The molecule has 1 aliphatic rings. The summed E-state index contributed by atoms with van der Waals surface area (Å²) in [7, 11) is 0. The van der Waals surface area contributed by atoms with E-state index in [0.717, 1.165) is 18.9 Å². The first-order valence-electron chi connectivity index (χ1n) is 5.15. The lowest BCUT2D eigenvalue weighted by molar-refractivity contribution is -0.0279. The minimum atomic E-state index is -0.176. The maximum atomic E-state index is 5.85. The van der Waals surface area contributed by atoms with Crippen molar-refractivity contribution in [1.29, 1.82) is 0 Å². The normalized spacial score (nSPS) is 19.8. The second-order valence-corrected chi connectivity index (χ2v) is 4.82. The van der Waals surface area contributed by atoms with Crippen molar-refractivity contribution in [2.75, 3.05) is 30.3 Å². The molecule has 16 heavy (non-hydrogen) atoms. The molecule has 1 fully saturated rings. The number of rotatable bonds is 1. The average Bonchev–Trinajstić information content (AvgIpc) is 2.14. The highest BCUT2D eigenvalue weighted by Crippen LogP contribution is 2.23. The average molecular weight is 243 g/mol. The Morgan fingerprint density at radius 2 is 2.25 bits per heavy atom. The first kappa shape index (κ1) is 11.4. The number of nitrogen functional groups attached to an aromatic ring is 1. The lowest BCUT2D eigenvalue weighted by atomic mass is 10.1. The molecule has 5 nitrogen and oxygen atoms in total. The van der Waals surface area contributed by atoms with Crippen molar-refractivity contribution < 1.29 is 4.74 Å². The van der Waals surface area contributed by atoms with Crippen LogP contribution in [-0.4, -0.2) is 35.3 Å². The summed E-state index contributed by atoms with van der Waals surface area (Å²) >= 11 is 5.85. The summed E-state index contributed by atoms with van der Waals surface area (Å²) in [5.74, 6) is 0.959. The molecule has 0 aliphatic carbocycles. The van der Waals surface area contributed by atoms with Gasteiger partial charge in [-0.25, -0.2) is 4.98 Å². The number of anilines is 2. The minimum absolute atomic E-state index is 0.176. The third-order valence-corrected chi connectivity index (χ3v) is 2.64. The van der Waals surface area contributed by atoms with Gasteiger partial charge in [-0.2, -0.15) is 4.98 Å². The third-order valence-electron chi connectivity index (χ3n) is 2.45. The Hall–Kier alpha value is -1.07. The first-order chi connectivity index (χ1) is 7.46. The van der Waals surface area contributed by atoms with Crippen LogP contribution in [0.3, 0.4) is 0 Å². The van der Waals surface area contributed by atoms with Crippen LogP contribution in [0.4, 0.5) is 11.8 Å². The van der Waals surface area contributed by atoms with E-state index in [1.54, 1.807) is 6.07 Å². The van der Waals surface area contributed by atoms with Gasteiger partial charge in [0.15, 0.2) is 0 Å². The van der Waals surface area contributed by atoms with Gasteiger partial charge in [0.2, 0.25) is 5.95 Å². The zero-order valence-corrected chi connectivity index (χ0v) is 10.2. The van der Waals surface area contributed by atoms with Crippen LogP contribution in [0.25, 0.3) is 0 Å². The molecule has 88 valence electrons. The molecule has 0 aromatic carbocycles. The summed E-state index contributed by atoms with van der Waals surface area (Å²) in [5.41, 5.74) is 5.39. The van der Waals surface area contributed by atoms with Crippen molar-refractivity contribution in [1.82, 2.24) is 9.97 Å². The molecule has 2 N–H and O–H groups in total. The van der Waals surface area contributed by atoms with Crippen molar-refractivity contribution in [2.45, 2.75) is 19.4 Å². The number of halogens is 1. The van der Waals surface area contributed by atoms with Gasteiger partial charge in [0.1, 0.15) is 11.0 Å². The van der Waals surface area contributed by atoms with Crippen molar-refractivity contribution in [3.05, 3.63) is 11.2 Å². The van der Waals surface area contributed by atoms with Crippen molar-refractivity contribution >= 4 is 23.4 Å². The van der Waals surface area contributed by atoms with Crippen LogP contribution in [0.2, 0.25) is 5.15 Å². The van der Waals surface area contributed by atoms with Crippen LogP contribution in [0.5, 0.6) is 0 Å². The Balaban J connectivity index is 2.23. The molecular weight excluding hydrogens is 228 g/mol. The highest BCUT2D eigenvalue weighted by Gasteiger charge is 2.28. The SMILES string of the molecule is CC1(C)CN(c2cc(Cl)nc(N)n2)CCO1. The van der Waals surface area contributed by atoms with Crippen molar-refractivity contribution in [3.8, 4) is 0 Å². The number of aromatic nitrogens is 2. The summed E-state index contributed by atoms with van der Waals surface area (Å²) in [5, 5.41) is 0.367. The van der Waals surface area contributed by atoms with Crippen molar-refractivity contribution in [2.24, 2.45) is 0 Å². The summed E-state index contributed by atoms with van der Waals surface area (Å²) < 4.78 is 5.63. The Labute approximate surface area is 99.6 Å². The molecule has 1 aliphatic heterocycles. The van der Waals surface area contributed by atoms with E-state index >= 15 is 0 Å². The Kier molecular flexibility index (Phi) is 2.90. The zero-order chi connectivity index (χ0) is 11.8. The first-order valence-corrected chi connectivity index (χ1v) is 5.53. The van der Waals surface area contributed by atoms with E-state index in [1.165, 1.54) is 0 Å².